The molecule has 0 amide bonds. The van der Waals surface area contributed by atoms with Crippen LogP contribution in [-0.4, -0.2) is 19.4 Å². The van der Waals surface area contributed by atoms with Gasteiger partial charge in [-0.15, -0.1) is 0 Å². The summed E-state index contributed by atoms with van der Waals surface area (Å²) in [4.78, 5) is 0. The minimum absolute atomic E-state index is 0.339. The Bertz CT molecular complexity index is 432. The molecule has 1 rings (SSSR count). The van der Waals surface area contributed by atoms with E-state index in [1.54, 1.807) is 0 Å². The Hall–Kier alpha value is -0.791. The van der Waals surface area contributed by atoms with Gasteiger partial charge in [-0.2, -0.15) is 0 Å². The predicted octanol–water partition coefficient (Wildman–Crippen LogP) is 1.02. The molecule has 0 aromatic heterocycles. The Labute approximate surface area is 90.1 Å². The molecular weight excluding hydrogens is 308 g/mol. The van der Waals surface area contributed by atoms with E-state index >= 15 is 0 Å². The average Bonchev–Trinajstić information content (AvgIpc) is 2.24. The molecule has 0 N–H and O–H groups in total. The van der Waals surface area contributed by atoms with Gasteiger partial charge in [0.2, 0.25) is 0 Å². The summed E-state index contributed by atoms with van der Waals surface area (Å²) in [5.74, 6) is -10.2. The molecule has 0 unspecified atom stereocenters. The van der Waals surface area contributed by atoms with Crippen molar-refractivity contribution in [1.82, 2.24) is 0 Å². The third kappa shape index (κ3) is 2.24. The maximum atomic E-state index is 12.8. The summed E-state index contributed by atoms with van der Waals surface area (Å²) < 4.78 is 75.0. The van der Waals surface area contributed by atoms with Crippen LogP contribution in [0.3, 0.4) is 0 Å². The monoisotopic (exact) mass is 309 g/mol. The van der Waals surface area contributed by atoms with Gasteiger partial charge in [0.25, 0.3) is 0 Å². The molecule has 0 aliphatic carbocycles. The van der Waals surface area contributed by atoms with Crippen molar-refractivity contribution in [2.24, 2.45) is 3.38 Å². The molecule has 0 saturated heterocycles. The van der Waals surface area contributed by atoms with Crippen LogP contribution in [0.2, 0.25) is 0 Å². The molecule has 2 nitrogen and oxygen atoms in total. The number of benzene rings is 1. The summed E-state index contributed by atoms with van der Waals surface area (Å²) >= 11 is -1.79. The number of halogens is 5. The fourth-order valence-electron chi connectivity index (χ4n) is 0.717. The van der Waals surface area contributed by atoms with Crippen LogP contribution < -0.4 is 4.46 Å². The van der Waals surface area contributed by atoms with Crippen LogP contribution in [0.1, 0.15) is 0 Å². The zero-order chi connectivity index (χ0) is 11.6. The Kier molecular flexibility index (Phi) is 3.95. The SMILES string of the molecule is O=S=N[Se]c1c(F)c(F)c(F)c(F)c1F. The second kappa shape index (κ2) is 4.82. The molecule has 0 atom stereocenters. The molecule has 0 spiro atoms. The summed E-state index contributed by atoms with van der Waals surface area (Å²) in [5.41, 5.74) is 0. The molecule has 82 valence electrons. The third-order valence-electron chi connectivity index (χ3n) is 1.33. The molecule has 0 aliphatic rings. The minimum atomic E-state index is -2.22. The Morgan fingerprint density at radius 3 is 1.67 bits per heavy atom. The molecule has 1 aromatic carbocycles. The van der Waals surface area contributed by atoms with Crippen molar-refractivity contribution in [3.05, 3.63) is 29.1 Å². The van der Waals surface area contributed by atoms with E-state index in [9.17, 15) is 26.2 Å². The first-order valence-corrected chi connectivity index (χ1v) is 5.50. The summed E-state index contributed by atoms with van der Waals surface area (Å²) in [6, 6.07) is 0. The first-order chi connectivity index (χ1) is 7.00. The number of nitrogens with zero attached hydrogens (tertiary/aromatic N) is 1. The van der Waals surface area contributed by atoms with Crippen LogP contribution in [-0.2, 0) is 11.5 Å². The van der Waals surface area contributed by atoms with Gasteiger partial charge in [0, 0.05) is 0 Å². The summed E-state index contributed by atoms with van der Waals surface area (Å²) in [7, 11) is 0. The van der Waals surface area contributed by atoms with Gasteiger partial charge >= 0.3 is 89.7 Å². The van der Waals surface area contributed by atoms with Crippen LogP contribution in [0, 0.1) is 29.1 Å². The van der Waals surface area contributed by atoms with Crippen molar-refractivity contribution in [3.63, 3.8) is 0 Å². The summed E-state index contributed by atoms with van der Waals surface area (Å²) in [6.45, 7) is 0. The van der Waals surface area contributed by atoms with Crippen molar-refractivity contribution in [2.45, 2.75) is 0 Å². The van der Waals surface area contributed by atoms with Gasteiger partial charge < -0.3 is 0 Å². The molecule has 9 heteroatoms. The Morgan fingerprint density at radius 2 is 1.27 bits per heavy atom. The summed E-state index contributed by atoms with van der Waals surface area (Å²) in [6.07, 6.45) is 0. The van der Waals surface area contributed by atoms with Gasteiger partial charge in [-0.25, -0.2) is 0 Å². The van der Waals surface area contributed by atoms with E-state index < -0.39 is 48.7 Å². The van der Waals surface area contributed by atoms with Gasteiger partial charge in [0.05, 0.1) is 0 Å². The standard InChI is InChI=1S/C6F5NOSSe/c7-1-2(8)4(10)6(15-12-14-13)5(11)3(1)9. The topological polar surface area (TPSA) is 29.4 Å². The van der Waals surface area contributed by atoms with Gasteiger partial charge in [0.1, 0.15) is 0 Å². The summed E-state index contributed by atoms with van der Waals surface area (Å²) in [5, 5.41) is 0. The molecule has 0 heterocycles. The van der Waals surface area contributed by atoms with E-state index in [-0.39, 0.29) is 11.5 Å². The van der Waals surface area contributed by atoms with Gasteiger partial charge in [-0.3, -0.25) is 0 Å². The van der Waals surface area contributed by atoms with E-state index in [0.717, 1.165) is 0 Å². The number of hydrogen-bond donors (Lipinski definition) is 0. The molecule has 0 fully saturated rings. The van der Waals surface area contributed by atoms with E-state index in [0.29, 0.717) is 0 Å². The van der Waals surface area contributed by atoms with Crippen molar-refractivity contribution >= 4 is 31.1 Å². The zero-order valence-electron chi connectivity index (χ0n) is 6.56. The first-order valence-electron chi connectivity index (χ1n) is 3.18. The fourth-order valence-corrected chi connectivity index (χ4v) is 2.20. The maximum absolute atomic E-state index is 12.8. The molecule has 0 saturated carbocycles. The number of rotatable bonds is 2. The van der Waals surface area contributed by atoms with E-state index in [1.807, 2.05) is 0 Å². The van der Waals surface area contributed by atoms with Gasteiger partial charge in [-0.05, 0) is 0 Å². The van der Waals surface area contributed by atoms with Crippen molar-refractivity contribution in [1.29, 1.82) is 0 Å². The molecule has 0 radical (unpaired) electrons. The van der Waals surface area contributed by atoms with Crippen LogP contribution in [0.5, 0.6) is 0 Å². The fraction of sp³-hybridized carbons (Fsp3) is 0. The van der Waals surface area contributed by atoms with Crippen LogP contribution >= 0.6 is 0 Å². The molecule has 1 aromatic rings. The zero-order valence-corrected chi connectivity index (χ0v) is 9.09. The molecular formula is C6F5NOSSe. The second-order valence-electron chi connectivity index (χ2n) is 2.14. The normalized spacial score (nSPS) is 10.2. The van der Waals surface area contributed by atoms with E-state index in [2.05, 4.69) is 3.38 Å². The third-order valence-corrected chi connectivity index (χ3v) is 3.45. The Morgan fingerprint density at radius 1 is 0.867 bits per heavy atom. The van der Waals surface area contributed by atoms with Crippen LogP contribution in [0.15, 0.2) is 3.38 Å². The number of hydrogen-bond acceptors (Lipinski definition) is 2. The van der Waals surface area contributed by atoms with Crippen molar-refractivity contribution in [3.8, 4) is 0 Å². The molecule has 15 heavy (non-hydrogen) atoms. The predicted molar refractivity (Wildman–Crippen MR) is 42.2 cm³/mol. The first kappa shape index (κ1) is 12.3. The van der Waals surface area contributed by atoms with Crippen LogP contribution in [0.4, 0.5) is 22.0 Å². The van der Waals surface area contributed by atoms with Gasteiger partial charge in [-0.1, -0.05) is 0 Å². The van der Waals surface area contributed by atoms with Crippen molar-refractivity contribution < 1.29 is 26.2 Å². The Balaban J connectivity index is 3.44. The van der Waals surface area contributed by atoms with Gasteiger partial charge in [0.15, 0.2) is 0 Å². The average molecular weight is 308 g/mol. The van der Waals surface area contributed by atoms with E-state index in [1.165, 1.54) is 0 Å². The quantitative estimate of drug-likeness (QED) is 0.347. The van der Waals surface area contributed by atoms with E-state index in [4.69, 9.17) is 0 Å². The second-order valence-corrected chi connectivity index (χ2v) is 4.62. The molecule has 0 bridgehead atoms. The van der Waals surface area contributed by atoms with Crippen LogP contribution in [0.25, 0.3) is 0 Å². The van der Waals surface area contributed by atoms with Crippen molar-refractivity contribution in [2.75, 3.05) is 0 Å². The molecule has 0 aliphatic heterocycles.